The van der Waals surface area contributed by atoms with Crippen molar-refractivity contribution < 1.29 is 9.47 Å². The van der Waals surface area contributed by atoms with E-state index in [9.17, 15) is 0 Å². The number of nitrogens with one attached hydrogen (secondary N) is 1. The fourth-order valence-electron chi connectivity index (χ4n) is 2.71. The van der Waals surface area contributed by atoms with Crippen LogP contribution < -0.4 is 14.8 Å². The Morgan fingerprint density at radius 1 is 1.17 bits per heavy atom. The Morgan fingerprint density at radius 3 is 2.33 bits per heavy atom. The summed E-state index contributed by atoms with van der Waals surface area (Å²) in [6, 6.07) is 2.04. The highest BCUT2D eigenvalue weighted by Gasteiger charge is 2.22. The van der Waals surface area contributed by atoms with Gasteiger partial charge in [0.05, 0.1) is 19.2 Å². The van der Waals surface area contributed by atoms with Crippen molar-refractivity contribution in [1.29, 1.82) is 0 Å². The number of ether oxygens (including phenoxy) is 2. The largest absolute Gasteiger partial charge is 0.493 e. The third-order valence-electron chi connectivity index (χ3n) is 3.67. The third-order valence-corrected chi connectivity index (χ3v) is 3.95. The molecular weight excluding hydrogens is 250 g/mol. The second kappa shape index (κ2) is 5.81. The van der Waals surface area contributed by atoms with E-state index in [1.165, 1.54) is 5.56 Å². The Kier molecular flexibility index (Phi) is 4.36. The number of halogens is 1. The minimum Gasteiger partial charge on any atom is -0.493 e. The fraction of sp³-hybridized carbons (Fsp3) is 0.571. The zero-order chi connectivity index (χ0) is 13.1. The van der Waals surface area contributed by atoms with Crippen molar-refractivity contribution in [2.45, 2.75) is 25.7 Å². The van der Waals surface area contributed by atoms with Gasteiger partial charge in [-0.2, -0.15) is 0 Å². The molecule has 0 unspecified atom stereocenters. The average molecular weight is 270 g/mol. The second-order valence-electron chi connectivity index (χ2n) is 4.66. The predicted molar refractivity (Wildman–Crippen MR) is 74.1 cm³/mol. The number of hydrogen-bond acceptors (Lipinski definition) is 3. The van der Waals surface area contributed by atoms with Crippen LogP contribution in [0.5, 0.6) is 11.5 Å². The van der Waals surface area contributed by atoms with E-state index in [2.05, 4.69) is 12.2 Å². The van der Waals surface area contributed by atoms with Gasteiger partial charge in [0.25, 0.3) is 0 Å². The number of piperidine rings is 1. The smallest absolute Gasteiger partial charge is 0.179 e. The quantitative estimate of drug-likeness (QED) is 0.915. The molecule has 0 atom stereocenters. The highest BCUT2D eigenvalue weighted by atomic mass is 35.5. The number of benzene rings is 1. The monoisotopic (exact) mass is 269 g/mol. The van der Waals surface area contributed by atoms with E-state index in [-0.39, 0.29) is 0 Å². The van der Waals surface area contributed by atoms with Gasteiger partial charge in [-0.05, 0) is 56.0 Å². The molecule has 0 aliphatic carbocycles. The lowest BCUT2D eigenvalue weighted by molar-refractivity contribution is 0.351. The normalized spacial score (nSPS) is 16.7. The van der Waals surface area contributed by atoms with E-state index in [0.29, 0.717) is 16.7 Å². The van der Waals surface area contributed by atoms with Crippen LogP contribution in [0.25, 0.3) is 0 Å². The molecule has 2 rings (SSSR count). The molecule has 0 bridgehead atoms. The zero-order valence-corrected chi connectivity index (χ0v) is 11.9. The average Bonchev–Trinajstić information content (AvgIpc) is 2.41. The summed E-state index contributed by atoms with van der Waals surface area (Å²) >= 11 is 6.28. The van der Waals surface area contributed by atoms with Crippen molar-refractivity contribution in [3.63, 3.8) is 0 Å². The Hall–Kier alpha value is -0.930. The van der Waals surface area contributed by atoms with Crippen LogP contribution in [0.4, 0.5) is 0 Å². The first-order chi connectivity index (χ1) is 8.69. The van der Waals surface area contributed by atoms with E-state index in [4.69, 9.17) is 21.1 Å². The molecule has 1 fully saturated rings. The molecule has 1 saturated heterocycles. The molecule has 100 valence electrons. The minimum atomic E-state index is 0.559. The van der Waals surface area contributed by atoms with Gasteiger partial charge in [0.15, 0.2) is 11.5 Å². The second-order valence-corrected chi connectivity index (χ2v) is 5.07. The van der Waals surface area contributed by atoms with Crippen molar-refractivity contribution in [3.05, 3.63) is 22.2 Å². The van der Waals surface area contributed by atoms with Crippen molar-refractivity contribution in [2.24, 2.45) is 0 Å². The van der Waals surface area contributed by atoms with Crippen LogP contribution in [0.15, 0.2) is 6.07 Å². The number of methoxy groups -OCH3 is 2. The van der Waals surface area contributed by atoms with Crippen molar-refractivity contribution in [3.8, 4) is 11.5 Å². The first-order valence-electron chi connectivity index (χ1n) is 6.30. The summed E-state index contributed by atoms with van der Waals surface area (Å²) in [5.41, 5.74) is 2.44. The van der Waals surface area contributed by atoms with Gasteiger partial charge >= 0.3 is 0 Å². The maximum atomic E-state index is 6.28. The summed E-state index contributed by atoms with van der Waals surface area (Å²) in [5.74, 6) is 1.96. The molecule has 0 aromatic heterocycles. The molecule has 1 heterocycles. The lowest BCUT2D eigenvalue weighted by atomic mass is 9.87. The fourth-order valence-corrected chi connectivity index (χ4v) is 2.99. The van der Waals surface area contributed by atoms with Gasteiger partial charge in [0, 0.05) is 0 Å². The van der Waals surface area contributed by atoms with Crippen LogP contribution in [0.2, 0.25) is 5.02 Å². The van der Waals surface area contributed by atoms with Crippen LogP contribution in [0, 0.1) is 6.92 Å². The Bertz CT molecular complexity index is 428. The van der Waals surface area contributed by atoms with Crippen LogP contribution in [-0.2, 0) is 0 Å². The maximum absolute atomic E-state index is 6.28. The Labute approximate surface area is 113 Å². The molecule has 4 heteroatoms. The summed E-state index contributed by atoms with van der Waals surface area (Å²) in [4.78, 5) is 0. The molecule has 1 aromatic rings. The SMILES string of the molecule is COc1c(Cl)cc(C2CCNCC2)c(C)c1OC. The molecular formula is C14H20ClNO2. The summed E-state index contributed by atoms with van der Waals surface area (Å²) in [6.07, 6.45) is 2.29. The van der Waals surface area contributed by atoms with Gasteiger partial charge in [0.1, 0.15) is 0 Å². The summed E-state index contributed by atoms with van der Waals surface area (Å²) in [5, 5.41) is 4.01. The lowest BCUT2D eigenvalue weighted by Crippen LogP contribution is -2.27. The third kappa shape index (κ3) is 2.43. The van der Waals surface area contributed by atoms with E-state index in [0.717, 1.165) is 37.2 Å². The number of hydrogen-bond donors (Lipinski definition) is 1. The van der Waals surface area contributed by atoms with Crippen molar-refractivity contribution in [1.82, 2.24) is 5.32 Å². The summed E-state index contributed by atoms with van der Waals surface area (Å²) in [7, 11) is 3.28. The topological polar surface area (TPSA) is 30.5 Å². The molecule has 1 aromatic carbocycles. The van der Waals surface area contributed by atoms with Crippen LogP contribution in [0.3, 0.4) is 0 Å². The highest BCUT2D eigenvalue weighted by molar-refractivity contribution is 6.32. The molecule has 1 aliphatic rings. The number of rotatable bonds is 3. The van der Waals surface area contributed by atoms with E-state index < -0.39 is 0 Å². The molecule has 0 amide bonds. The minimum absolute atomic E-state index is 0.559. The Balaban J connectivity index is 2.44. The van der Waals surface area contributed by atoms with Gasteiger partial charge in [-0.25, -0.2) is 0 Å². The van der Waals surface area contributed by atoms with Crippen molar-refractivity contribution >= 4 is 11.6 Å². The predicted octanol–water partition coefficient (Wildman–Crippen LogP) is 3.13. The van der Waals surface area contributed by atoms with E-state index in [1.807, 2.05) is 6.07 Å². The molecule has 3 nitrogen and oxygen atoms in total. The zero-order valence-electron chi connectivity index (χ0n) is 11.2. The van der Waals surface area contributed by atoms with Crippen molar-refractivity contribution in [2.75, 3.05) is 27.3 Å². The molecule has 1 aliphatic heterocycles. The molecule has 18 heavy (non-hydrogen) atoms. The highest BCUT2D eigenvalue weighted by Crippen LogP contribution is 2.43. The van der Waals surface area contributed by atoms with Crippen LogP contribution >= 0.6 is 11.6 Å². The van der Waals surface area contributed by atoms with Gasteiger partial charge < -0.3 is 14.8 Å². The van der Waals surface area contributed by atoms with Gasteiger partial charge in [0.2, 0.25) is 0 Å². The van der Waals surface area contributed by atoms with Gasteiger partial charge in [-0.3, -0.25) is 0 Å². The van der Waals surface area contributed by atoms with E-state index >= 15 is 0 Å². The summed E-state index contributed by atoms with van der Waals surface area (Å²) in [6.45, 7) is 4.21. The first-order valence-corrected chi connectivity index (χ1v) is 6.68. The van der Waals surface area contributed by atoms with Crippen LogP contribution in [-0.4, -0.2) is 27.3 Å². The molecule has 0 saturated carbocycles. The molecule has 1 N–H and O–H groups in total. The van der Waals surface area contributed by atoms with E-state index in [1.54, 1.807) is 14.2 Å². The van der Waals surface area contributed by atoms with Gasteiger partial charge in [-0.1, -0.05) is 11.6 Å². The molecule has 0 radical (unpaired) electrons. The molecule has 0 spiro atoms. The van der Waals surface area contributed by atoms with Gasteiger partial charge in [-0.15, -0.1) is 0 Å². The summed E-state index contributed by atoms with van der Waals surface area (Å²) < 4.78 is 10.8. The first kappa shape index (κ1) is 13.5. The Morgan fingerprint density at radius 2 is 1.78 bits per heavy atom. The lowest BCUT2D eigenvalue weighted by Gasteiger charge is -2.26. The maximum Gasteiger partial charge on any atom is 0.179 e. The van der Waals surface area contributed by atoms with Crippen LogP contribution in [0.1, 0.15) is 29.9 Å². The standard InChI is InChI=1S/C14H20ClNO2/c1-9-11(10-4-6-16-7-5-10)8-12(15)14(18-3)13(9)17-2/h8,10,16H,4-7H2,1-3H3.